The standard InChI is InChI=1S/2C2H4N4/c2*3-2-4-1-5-6-2/h2*1H,(H3,3,4,5,6). The van der Waals surface area contributed by atoms with Gasteiger partial charge in [-0.1, -0.05) is 0 Å². The Morgan fingerprint density at radius 3 is 1.42 bits per heavy atom. The molecule has 2 rings (SSSR count). The fraction of sp³-hybridized carbons (Fsp3) is 0. The molecule has 0 bridgehead atoms. The fourth-order valence-corrected chi connectivity index (χ4v) is 0.438. The lowest BCUT2D eigenvalue weighted by Crippen LogP contribution is -1.84. The van der Waals surface area contributed by atoms with Gasteiger partial charge in [0.15, 0.2) is 0 Å². The van der Waals surface area contributed by atoms with Crippen LogP contribution in [0.25, 0.3) is 0 Å². The molecule has 6 N–H and O–H groups in total. The van der Waals surface area contributed by atoms with Gasteiger partial charge in [0.05, 0.1) is 0 Å². The number of nitrogens with one attached hydrogen (secondary N) is 2. The van der Waals surface area contributed by atoms with Crippen molar-refractivity contribution >= 4 is 11.9 Å². The number of nitrogen functional groups attached to an aromatic ring is 2. The van der Waals surface area contributed by atoms with Gasteiger partial charge >= 0.3 is 0 Å². The van der Waals surface area contributed by atoms with Gasteiger partial charge in [0.1, 0.15) is 12.7 Å². The second kappa shape index (κ2) is 3.91. The minimum absolute atomic E-state index is 0.287. The van der Waals surface area contributed by atoms with Crippen LogP contribution < -0.4 is 11.5 Å². The summed E-state index contributed by atoms with van der Waals surface area (Å²) in [6.45, 7) is 0. The van der Waals surface area contributed by atoms with Gasteiger partial charge in [0.25, 0.3) is 0 Å². The lowest BCUT2D eigenvalue weighted by Gasteiger charge is -1.65. The number of rotatable bonds is 0. The van der Waals surface area contributed by atoms with E-state index in [1.54, 1.807) is 0 Å². The summed E-state index contributed by atoms with van der Waals surface area (Å²) in [6.07, 6.45) is 2.85. The molecule has 2 aromatic rings. The van der Waals surface area contributed by atoms with Gasteiger partial charge in [-0.15, -0.1) is 10.2 Å². The number of nitrogens with two attached hydrogens (primary N) is 2. The van der Waals surface area contributed by atoms with E-state index < -0.39 is 0 Å². The smallest absolute Gasteiger partial charge is 0.239 e. The highest BCUT2D eigenvalue weighted by atomic mass is 15.2. The maximum absolute atomic E-state index is 5.02. The van der Waals surface area contributed by atoms with Crippen molar-refractivity contribution in [1.82, 2.24) is 30.4 Å². The van der Waals surface area contributed by atoms with Crippen molar-refractivity contribution in [1.29, 1.82) is 0 Å². The minimum Gasteiger partial charge on any atom is -0.367 e. The largest absolute Gasteiger partial charge is 0.367 e. The third-order valence-electron chi connectivity index (χ3n) is 0.867. The van der Waals surface area contributed by atoms with E-state index in [-0.39, 0.29) is 11.9 Å². The summed E-state index contributed by atoms with van der Waals surface area (Å²) in [7, 11) is 0. The molecule has 0 unspecified atom stereocenters. The minimum atomic E-state index is 0.287. The highest BCUT2D eigenvalue weighted by Gasteiger charge is 1.77. The molecule has 0 fully saturated rings. The first kappa shape index (κ1) is 7.98. The van der Waals surface area contributed by atoms with Crippen LogP contribution >= 0.6 is 0 Å². The van der Waals surface area contributed by atoms with Crippen LogP contribution in [0, 0.1) is 0 Å². The van der Waals surface area contributed by atoms with E-state index in [2.05, 4.69) is 30.4 Å². The van der Waals surface area contributed by atoms with Crippen LogP contribution in [0.2, 0.25) is 0 Å². The lowest BCUT2D eigenvalue weighted by molar-refractivity contribution is 1.10. The highest BCUT2D eigenvalue weighted by molar-refractivity contribution is 5.08. The zero-order chi connectivity index (χ0) is 8.81. The molecule has 0 aliphatic heterocycles. The Kier molecular flexibility index (Phi) is 2.60. The lowest BCUT2D eigenvalue weighted by atomic mass is 11.1. The summed E-state index contributed by atoms with van der Waals surface area (Å²) in [6, 6.07) is 0. The average Bonchev–Trinajstić information content (AvgIpc) is 2.63. The predicted octanol–water partition coefficient (Wildman–Crippen LogP) is -1.23. The molecule has 64 valence electrons. The summed E-state index contributed by atoms with van der Waals surface area (Å²) < 4.78 is 0. The first-order valence-electron chi connectivity index (χ1n) is 3.01. The van der Waals surface area contributed by atoms with Gasteiger partial charge in [-0.05, 0) is 0 Å². The van der Waals surface area contributed by atoms with Gasteiger partial charge in [-0.3, -0.25) is 10.2 Å². The van der Waals surface area contributed by atoms with Gasteiger partial charge < -0.3 is 11.5 Å². The van der Waals surface area contributed by atoms with Gasteiger partial charge in [0, 0.05) is 0 Å². The van der Waals surface area contributed by atoms with Crippen molar-refractivity contribution in [2.75, 3.05) is 11.5 Å². The molecule has 0 radical (unpaired) electrons. The Morgan fingerprint density at radius 1 is 0.917 bits per heavy atom. The molecule has 0 aliphatic rings. The molecule has 0 amide bonds. The van der Waals surface area contributed by atoms with Crippen LogP contribution in [0.1, 0.15) is 0 Å². The Bertz CT molecular complexity index is 250. The number of H-pyrrole nitrogens is 2. The quantitative estimate of drug-likeness (QED) is 0.389. The Balaban J connectivity index is 0.000000120. The fourth-order valence-electron chi connectivity index (χ4n) is 0.438. The maximum atomic E-state index is 5.02. The van der Waals surface area contributed by atoms with E-state index in [0.717, 1.165) is 0 Å². The van der Waals surface area contributed by atoms with Crippen LogP contribution in [0.15, 0.2) is 12.7 Å². The molecule has 2 heterocycles. The van der Waals surface area contributed by atoms with Gasteiger partial charge in [0.2, 0.25) is 11.9 Å². The summed E-state index contributed by atoms with van der Waals surface area (Å²) in [5.74, 6) is 0.574. The number of aromatic nitrogens is 6. The number of aromatic amines is 2. The summed E-state index contributed by atoms with van der Waals surface area (Å²) >= 11 is 0. The predicted molar refractivity (Wildman–Crippen MR) is 41.6 cm³/mol. The molecular formula is C4H8N8. The molecule has 8 heteroatoms. The summed E-state index contributed by atoms with van der Waals surface area (Å²) in [4.78, 5) is 7.06. The van der Waals surface area contributed by atoms with Crippen molar-refractivity contribution in [3.8, 4) is 0 Å². The molecule has 2 aromatic heterocycles. The van der Waals surface area contributed by atoms with Crippen molar-refractivity contribution in [3.05, 3.63) is 12.7 Å². The van der Waals surface area contributed by atoms with E-state index >= 15 is 0 Å². The SMILES string of the molecule is Nc1nc[nH]n1.Nc1nc[nH]n1. The Hall–Kier alpha value is -2.12. The van der Waals surface area contributed by atoms with Crippen LogP contribution in [0.3, 0.4) is 0 Å². The van der Waals surface area contributed by atoms with E-state index in [0.29, 0.717) is 0 Å². The molecule has 0 saturated carbocycles. The molecule has 0 atom stereocenters. The molecular weight excluding hydrogens is 160 g/mol. The number of hydrogen-bond acceptors (Lipinski definition) is 6. The average molecular weight is 168 g/mol. The highest BCUT2D eigenvalue weighted by Crippen LogP contribution is 1.77. The van der Waals surface area contributed by atoms with Crippen LogP contribution in [0.5, 0.6) is 0 Å². The van der Waals surface area contributed by atoms with Crippen molar-refractivity contribution in [3.63, 3.8) is 0 Å². The first-order chi connectivity index (χ1) is 5.79. The number of hydrogen-bond donors (Lipinski definition) is 4. The normalized spacial score (nSPS) is 8.67. The van der Waals surface area contributed by atoms with Gasteiger partial charge in [-0.2, -0.15) is 0 Å². The molecule has 0 aromatic carbocycles. The van der Waals surface area contributed by atoms with E-state index in [1.807, 2.05) is 0 Å². The molecule has 12 heavy (non-hydrogen) atoms. The molecule has 0 spiro atoms. The van der Waals surface area contributed by atoms with Crippen LogP contribution in [-0.2, 0) is 0 Å². The van der Waals surface area contributed by atoms with E-state index in [1.165, 1.54) is 12.7 Å². The monoisotopic (exact) mass is 168 g/mol. The summed E-state index contributed by atoms with van der Waals surface area (Å²) in [5.41, 5.74) is 10.0. The number of nitrogens with zero attached hydrogens (tertiary/aromatic N) is 4. The maximum Gasteiger partial charge on any atom is 0.239 e. The summed E-state index contributed by atoms with van der Waals surface area (Å²) in [5, 5.41) is 11.8. The molecule has 0 saturated heterocycles. The second-order valence-corrected chi connectivity index (χ2v) is 1.71. The second-order valence-electron chi connectivity index (χ2n) is 1.71. The Labute approximate surface area is 67.4 Å². The van der Waals surface area contributed by atoms with Crippen molar-refractivity contribution in [2.24, 2.45) is 0 Å². The number of anilines is 2. The zero-order valence-corrected chi connectivity index (χ0v) is 6.10. The molecule has 8 nitrogen and oxygen atoms in total. The van der Waals surface area contributed by atoms with E-state index in [9.17, 15) is 0 Å². The topological polar surface area (TPSA) is 135 Å². The van der Waals surface area contributed by atoms with Crippen molar-refractivity contribution in [2.45, 2.75) is 0 Å². The zero-order valence-electron chi connectivity index (χ0n) is 6.10. The Morgan fingerprint density at radius 2 is 1.33 bits per heavy atom. The molecule has 0 aliphatic carbocycles. The van der Waals surface area contributed by atoms with Crippen molar-refractivity contribution < 1.29 is 0 Å². The third-order valence-corrected chi connectivity index (χ3v) is 0.867. The third kappa shape index (κ3) is 2.64. The van der Waals surface area contributed by atoms with Gasteiger partial charge in [-0.25, -0.2) is 9.97 Å². The van der Waals surface area contributed by atoms with Crippen LogP contribution in [0.4, 0.5) is 11.9 Å². The van der Waals surface area contributed by atoms with Crippen LogP contribution in [-0.4, -0.2) is 30.4 Å². The first-order valence-corrected chi connectivity index (χ1v) is 3.01. The van der Waals surface area contributed by atoms with E-state index in [4.69, 9.17) is 11.5 Å².